The fourth-order valence-corrected chi connectivity index (χ4v) is 3.02. The summed E-state index contributed by atoms with van der Waals surface area (Å²) in [4.78, 5) is 7.12. The van der Waals surface area contributed by atoms with E-state index in [4.69, 9.17) is 0 Å². The molecule has 2 rings (SSSR count). The third kappa shape index (κ3) is 4.27. The van der Waals surface area contributed by atoms with Crippen molar-refractivity contribution in [2.45, 2.75) is 12.6 Å². The molecule has 1 N–H and O–H groups in total. The predicted octanol–water partition coefficient (Wildman–Crippen LogP) is 1.19. The van der Waals surface area contributed by atoms with Gasteiger partial charge in [0.25, 0.3) is 0 Å². The molecule has 10 heteroatoms. The summed E-state index contributed by atoms with van der Waals surface area (Å²) < 4.78 is 61.6. The van der Waals surface area contributed by atoms with Crippen molar-refractivity contribution in [1.29, 1.82) is 0 Å². The van der Waals surface area contributed by atoms with Gasteiger partial charge in [-0.15, -0.1) is 0 Å². The van der Waals surface area contributed by atoms with Crippen molar-refractivity contribution >= 4 is 16.0 Å². The summed E-state index contributed by atoms with van der Waals surface area (Å²) in [6, 6.07) is 0.798. The molecule has 2 heterocycles. The lowest BCUT2D eigenvalue weighted by Gasteiger charge is -2.14. The average molecular weight is 324 g/mol. The summed E-state index contributed by atoms with van der Waals surface area (Å²) in [5.41, 5.74) is -1.01. The van der Waals surface area contributed by atoms with E-state index in [0.29, 0.717) is 26.1 Å². The van der Waals surface area contributed by atoms with Gasteiger partial charge in [-0.1, -0.05) is 0 Å². The molecule has 1 unspecified atom stereocenters. The predicted molar refractivity (Wildman–Crippen MR) is 70.0 cm³/mol. The highest BCUT2D eigenvalue weighted by Crippen LogP contribution is 2.27. The molecule has 0 radical (unpaired) electrons. The number of hydrogen-bond acceptors (Lipinski definition) is 5. The number of aromatic nitrogens is 2. The number of rotatable bonds is 4. The van der Waals surface area contributed by atoms with Gasteiger partial charge in [-0.2, -0.15) is 13.2 Å². The van der Waals surface area contributed by atoms with Gasteiger partial charge >= 0.3 is 6.18 Å². The van der Waals surface area contributed by atoms with Gasteiger partial charge in [0.15, 0.2) is 0 Å². The topological polar surface area (TPSA) is 75.2 Å². The maximum atomic E-state index is 12.5. The number of hydrogen-bond donors (Lipinski definition) is 1. The molecule has 0 bridgehead atoms. The van der Waals surface area contributed by atoms with Crippen LogP contribution in [0, 0.1) is 5.92 Å². The van der Waals surface area contributed by atoms with Crippen molar-refractivity contribution < 1.29 is 21.6 Å². The van der Waals surface area contributed by atoms with Crippen LogP contribution in [0.1, 0.15) is 12.1 Å². The lowest BCUT2D eigenvalue weighted by molar-refractivity contribution is -0.141. The molecule has 1 aliphatic rings. The Hall–Kier alpha value is -1.42. The van der Waals surface area contributed by atoms with E-state index in [-0.39, 0.29) is 11.9 Å². The first-order valence-corrected chi connectivity index (χ1v) is 8.10. The second kappa shape index (κ2) is 5.76. The van der Waals surface area contributed by atoms with Gasteiger partial charge in [0.05, 0.1) is 6.26 Å². The number of halogens is 3. The van der Waals surface area contributed by atoms with Gasteiger partial charge in [0.1, 0.15) is 5.69 Å². The van der Waals surface area contributed by atoms with E-state index in [1.54, 1.807) is 0 Å². The lowest BCUT2D eigenvalue weighted by atomic mass is 10.1. The fourth-order valence-electron chi connectivity index (χ4n) is 2.10. The van der Waals surface area contributed by atoms with Crippen molar-refractivity contribution in [1.82, 2.24) is 14.3 Å². The average Bonchev–Trinajstić information content (AvgIpc) is 2.84. The van der Waals surface area contributed by atoms with Crippen molar-refractivity contribution in [2.24, 2.45) is 5.92 Å². The summed E-state index contributed by atoms with van der Waals surface area (Å²) >= 11 is 0. The third-order valence-corrected chi connectivity index (χ3v) is 4.48. The van der Waals surface area contributed by atoms with Crippen molar-refractivity contribution in [3.05, 3.63) is 18.0 Å². The summed E-state index contributed by atoms with van der Waals surface area (Å²) in [5, 5.41) is 2.73. The van der Waals surface area contributed by atoms with Crippen molar-refractivity contribution in [3.8, 4) is 0 Å². The van der Waals surface area contributed by atoms with Gasteiger partial charge < -0.3 is 5.32 Å². The highest BCUT2D eigenvalue weighted by atomic mass is 32.2. The summed E-state index contributed by atoms with van der Waals surface area (Å²) in [7, 11) is -3.22. The molecule has 1 aromatic rings. The van der Waals surface area contributed by atoms with E-state index in [2.05, 4.69) is 15.3 Å². The normalized spacial score (nSPS) is 20.7. The van der Waals surface area contributed by atoms with E-state index in [9.17, 15) is 21.6 Å². The second-order valence-electron chi connectivity index (χ2n) is 4.92. The van der Waals surface area contributed by atoms with Gasteiger partial charge in [0, 0.05) is 25.8 Å². The standard InChI is InChI=1S/C11H15F3N4O2S/c1-21(19,20)18-5-3-8(7-18)6-16-10-15-4-2-9(17-10)11(12,13)14/h2,4,8H,3,5-7H2,1H3,(H,15,16,17). The zero-order valence-electron chi connectivity index (χ0n) is 11.3. The number of nitrogens with one attached hydrogen (secondary N) is 1. The number of nitrogens with zero attached hydrogens (tertiary/aromatic N) is 3. The van der Waals surface area contributed by atoms with Crippen molar-refractivity contribution in [3.63, 3.8) is 0 Å². The van der Waals surface area contributed by atoms with Gasteiger partial charge in [-0.25, -0.2) is 22.7 Å². The Labute approximate surface area is 120 Å². The SMILES string of the molecule is CS(=O)(=O)N1CCC(CNc2nccc(C(F)(F)F)n2)C1. The summed E-state index contributed by atoms with van der Waals surface area (Å²) in [5.74, 6) is -0.0829. The fraction of sp³-hybridized carbons (Fsp3) is 0.636. The molecule has 21 heavy (non-hydrogen) atoms. The van der Waals surface area contributed by atoms with E-state index >= 15 is 0 Å². The van der Waals surface area contributed by atoms with Gasteiger partial charge in [-0.05, 0) is 18.4 Å². The number of sulfonamides is 1. The molecule has 0 amide bonds. The first-order valence-electron chi connectivity index (χ1n) is 6.25. The van der Waals surface area contributed by atoms with Gasteiger partial charge in [0.2, 0.25) is 16.0 Å². The lowest BCUT2D eigenvalue weighted by Crippen LogP contribution is -2.28. The van der Waals surface area contributed by atoms with Crippen LogP contribution in [0.25, 0.3) is 0 Å². The Kier molecular flexibility index (Phi) is 4.38. The maximum absolute atomic E-state index is 12.5. The van der Waals surface area contributed by atoms with Crippen LogP contribution >= 0.6 is 0 Å². The van der Waals surface area contributed by atoms with Crippen LogP contribution in [-0.2, 0) is 16.2 Å². The largest absolute Gasteiger partial charge is 0.433 e. The van der Waals surface area contributed by atoms with E-state index < -0.39 is 21.9 Å². The number of anilines is 1. The summed E-state index contributed by atoms with van der Waals surface area (Å²) in [6.07, 6.45) is -1.69. The van der Waals surface area contributed by atoms with Crippen LogP contribution < -0.4 is 5.32 Å². The Bertz CT molecular complexity index is 606. The molecule has 1 aromatic heterocycles. The molecule has 0 aliphatic carbocycles. The molecule has 118 valence electrons. The Morgan fingerprint density at radius 1 is 1.48 bits per heavy atom. The highest BCUT2D eigenvalue weighted by molar-refractivity contribution is 7.88. The minimum atomic E-state index is -4.51. The molecule has 1 atom stereocenters. The molecule has 0 spiro atoms. The first-order chi connectivity index (χ1) is 9.66. The molecular formula is C11H15F3N4O2S. The van der Waals surface area contributed by atoms with Crippen LogP contribution in [0.3, 0.4) is 0 Å². The van der Waals surface area contributed by atoms with Crippen LogP contribution in [-0.4, -0.2) is 48.6 Å². The zero-order chi connectivity index (χ0) is 15.7. The van der Waals surface area contributed by atoms with E-state index in [1.165, 1.54) is 4.31 Å². The van der Waals surface area contributed by atoms with Gasteiger partial charge in [-0.3, -0.25) is 0 Å². The molecule has 1 aliphatic heterocycles. The summed E-state index contributed by atoms with van der Waals surface area (Å²) in [6.45, 7) is 1.10. The zero-order valence-corrected chi connectivity index (χ0v) is 12.1. The van der Waals surface area contributed by atoms with Crippen LogP contribution in [0.4, 0.5) is 19.1 Å². The quantitative estimate of drug-likeness (QED) is 0.900. The molecule has 6 nitrogen and oxygen atoms in total. The molecule has 0 saturated carbocycles. The van der Waals surface area contributed by atoms with Crippen LogP contribution in [0.5, 0.6) is 0 Å². The first kappa shape index (κ1) is 16.0. The Morgan fingerprint density at radius 3 is 2.76 bits per heavy atom. The Balaban J connectivity index is 1.93. The minimum Gasteiger partial charge on any atom is -0.354 e. The van der Waals surface area contributed by atoms with Crippen LogP contribution in [0.2, 0.25) is 0 Å². The van der Waals surface area contributed by atoms with Crippen molar-refractivity contribution in [2.75, 3.05) is 31.2 Å². The smallest absolute Gasteiger partial charge is 0.354 e. The van der Waals surface area contributed by atoms with E-state index in [1.807, 2.05) is 0 Å². The molecular weight excluding hydrogens is 309 g/mol. The number of alkyl halides is 3. The maximum Gasteiger partial charge on any atom is 0.433 e. The Morgan fingerprint density at radius 2 is 2.19 bits per heavy atom. The molecule has 0 aromatic carbocycles. The van der Waals surface area contributed by atoms with Crippen LogP contribution in [0.15, 0.2) is 12.3 Å². The molecule has 1 fully saturated rings. The van der Waals surface area contributed by atoms with E-state index in [0.717, 1.165) is 18.5 Å². The second-order valence-corrected chi connectivity index (χ2v) is 6.90. The monoisotopic (exact) mass is 324 g/mol. The minimum absolute atomic E-state index is 0.0258. The third-order valence-electron chi connectivity index (χ3n) is 3.21. The highest BCUT2D eigenvalue weighted by Gasteiger charge is 2.33. The molecule has 1 saturated heterocycles.